The van der Waals surface area contributed by atoms with Crippen molar-refractivity contribution in [2.75, 3.05) is 6.54 Å². The van der Waals surface area contributed by atoms with Gasteiger partial charge in [0.2, 0.25) is 0 Å². The van der Waals surface area contributed by atoms with Gasteiger partial charge in [0.1, 0.15) is 0 Å². The van der Waals surface area contributed by atoms with E-state index in [9.17, 15) is 13.2 Å². The van der Waals surface area contributed by atoms with Gasteiger partial charge in [0.05, 0.1) is 5.56 Å². The molecule has 0 unspecified atom stereocenters. The fourth-order valence-corrected chi connectivity index (χ4v) is 2.66. The summed E-state index contributed by atoms with van der Waals surface area (Å²) in [5.41, 5.74) is 0.235. The smallest absolute Gasteiger partial charge is 0.260 e. The van der Waals surface area contributed by atoms with E-state index >= 15 is 0 Å². The van der Waals surface area contributed by atoms with Gasteiger partial charge in [-0.05, 0) is 48.0 Å². The highest BCUT2D eigenvalue weighted by atomic mass is 32.2. The molecule has 0 bridgehead atoms. The van der Waals surface area contributed by atoms with Crippen molar-refractivity contribution in [1.29, 1.82) is 0 Å². The zero-order valence-electron chi connectivity index (χ0n) is 8.77. The van der Waals surface area contributed by atoms with Crippen LogP contribution in [0.25, 0.3) is 0 Å². The van der Waals surface area contributed by atoms with Gasteiger partial charge in [0.15, 0.2) is 0 Å². The minimum absolute atomic E-state index is 0.359. The average molecular weight is 247 g/mol. The molecular weight excluding hydrogens is 235 g/mol. The Hall–Kier alpha value is -0.680. The number of nitrogens with one attached hydrogen (secondary N) is 1. The molecule has 0 aromatic heterocycles. The normalized spacial score (nSPS) is 21.4. The van der Waals surface area contributed by atoms with Crippen LogP contribution < -0.4 is 4.72 Å². The van der Waals surface area contributed by atoms with E-state index in [0.717, 1.165) is 23.1 Å². The molecule has 1 nitrogen and oxygen atoms in total. The zero-order chi connectivity index (χ0) is 11.8. The van der Waals surface area contributed by atoms with Crippen LogP contribution in [0.15, 0.2) is 23.1 Å². The Bertz CT molecular complexity index is 389. The maximum absolute atomic E-state index is 12.5. The van der Waals surface area contributed by atoms with Crippen molar-refractivity contribution in [3.8, 4) is 0 Å². The molecule has 1 aliphatic rings. The van der Waals surface area contributed by atoms with Gasteiger partial charge in [-0.25, -0.2) is 0 Å². The lowest BCUT2D eigenvalue weighted by Crippen LogP contribution is -2.13. The fraction of sp³-hybridized carbons (Fsp3) is 0.455. The lowest BCUT2D eigenvalue weighted by atomic mass is 9.99. The van der Waals surface area contributed by atoms with Crippen LogP contribution in [0, 0.1) is 5.92 Å². The summed E-state index contributed by atoms with van der Waals surface area (Å²) in [6, 6.07) is 3.96. The van der Waals surface area contributed by atoms with Crippen molar-refractivity contribution in [2.24, 2.45) is 5.92 Å². The van der Waals surface area contributed by atoms with E-state index in [2.05, 4.69) is 4.72 Å². The van der Waals surface area contributed by atoms with Crippen molar-refractivity contribution < 1.29 is 13.2 Å². The second-order valence-corrected chi connectivity index (χ2v) is 5.01. The van der Waals surface area contributed by atoms with Crippen molar-refractivity contribution in [1.82, 2.24) is 4.72 Å². The molecule has 88 valence electrons. The molecular formula is C11H12F3NS. The summed E-state index contributed by atoms with van der Waals surface area (Å²) in [5, 5.41) is 0. The maximum Gasteiger partial charge on any atom is 0.416 e. The highest BCUT2D eigenvalue weighted by Gasteiger charge is 2.31. The number of alkyl halides is 3. The van der Waals surface area contributed by atoms with E-state index in [0.29, 0.717) is 12.3 Å². The fourth-order valence-electron chi connectivity index (χ4n) is 1.72. The van der Waals surface area contributed by atoms with Crippen molar-refractivity contribution in [3.05, 3.63) is 29.3 Å². The van der Waals surface area contributed by atoms with Crippen molar-refractivity contribution in [3.63, 3.8) is 0 Å². The summed E-state index contributed by atoms with van der Waals surface area (Å²) in [5.74, 6) is 0.359. The van der Waals surface area contributed by atoms with E-state index in [1.54, 1.807) is 6.07 Å². The molecule has 0 fully saturated rings. The van der Waals surface area contributed by atoms with Gasteiger partial charge in [0, 0.05) is 11.4 Å². The van der Waals surface area contributed by atoms with E-state index in [4.69, 9.17) is 0 Å². The molecule has 0 spiro atoms. The topological polar surface area (TPSA) is 12.0 Å². The Kier molecular flexibility index (Phi) is 3.17. The first-order valence-corrected chi connectivity index (χ1v) is 5.88. The molecule has 1 aromatic rings. The molecule has 0 saturated heterocycles. The van der Waals surface area contributed by atoms with E-state index in [-0.39, 0.29) is 0 Å². The minimum atomic E-state index is -4.25. The summed E-state index contributed by atoms with van der Waals surface area (Å²) in [4.78, 5) is 0.900. The number of rotatable bonds is 0. The summed E-state index contributed by atoms with van der Waals surface area (Å²) in [6.45, 7) is 2.85. The lowest BCUT2D eigenvalue weighted by molar-refractivity contribution is -0.137. The molecule has 0 saturated carbocycles. The second kappa shape index (κ2) is 4.30. The van der Waals surface area contributed by atoms with Crippen LogP contribution in [0.5, 0.6) is 0 Å². The molecule has 0 aliphatic carbocycles. The van der Waals surface area contributed by atoms with Crippen LogP contribution in [-0.4, -0.2) is 6.54 Å². The molecule has 1 aliphatic heterocycles. The number of hydrogen-bond acceptors (Lipinski definition) is 2. The first-order chi connectivity index (χ1) is 7.47. The molecule has 0 radical (unpaired) electrons. The Balaban J connectivity index is 2.37. The Morgan fingerprint density at radius 3 is 2.81 bits per heavy atom. The number of halogens is 3. The first-order valence-electron chi connectivity index (χ1n) is 5.06. The van der Waals surface area contributed by atoms with E-state index in [1.165, 1.54) is 18.0 Å². The van der Waals surface area contributed by atoms with Crippen LogP contribution in [0.4, 0.5) is 13.2 Å². The summed E-state index contributed by atoms with van der Waals surface area (Å²) in [6.07, 6.45) is -3.55. The standard InChI is InChI=1S/C11H12F3NS/c1-7-4-8-5-9(11(12,13)14)2-3-10(8)16-15-6-7/h2-3,5,7,15H,4,6H2,1H3/t7-/m1/s1. The third kappa shape index (κ3) is 2.52. The quantitative estimate of drug-likeness (QED) is 0.704. The number of fused-ring (bicyclic) bond motifs is 1. The number of benzene rings is 1. The molecule has 1 N–H and O–H groups in total. The Morgan fingerprint density at radius 1 is 1.38 bits per heavy atom. The lowest BCUT2D eigenvalue weighted by Gasteiger charge is -2.11. The molecule has 16 heavy (non-hydrogen) atoms. The van der Waals surface area contributed by atoms with Crippen LogP contribution in [0.3, 0.4) is 0 Å². The van der Waals surface area contributed by atoms with Gasteiger partial charge < -0.3 is 0 Å². The Labute approximate surface area is 96.6 Å². The molecule has 2 rings (SSSR count). The SMILES string of the molecule is C[C@H]1CNSc2ccc(C(F)(F)F)cc2C1. The second-order valence-electron chi connectivity index (χ2n) is 4.08. The van der Waals surface area contributed by atoms with Crippen LogP contribution in [0.1, 0.15) is 18.1 Å². The van der Waals surface area contributed by atoms with Gasteiger partial charge in [-0.15, -0.1) is 0 Å². The van der Waals surface area contributed by atoms with E-state index in [1.807, 2.05) is 6.92 Å². The number of hydrogen-bond donors (Lipinski definition) is 1. The average Bonchev–Trinajstić information content (AvgIpc) is 2.35. The van der Waals surface area contributed by atoms with Crippen LogP contribution in [-0.2, 0) is 12.6 Å². The van der Waals surface area contributed by atoms with Gasteiger partial charge in [-0.3, -0.25) is 4.72 Å². The van der Waals surface area contributed by atoms with Gasteiger partial charge in [0.25, 0.3) is 0 Å². The van der Waals surface area contributed by atoms with Gasteiger partial charge >= 0.3 is 6.18 Å². The Morgan fingerprint density at radius 2 is 2.12 bits per heavy atom. The minimum Gasteiger partial charge on any atom is -0.260 e. The van der Waals surface area contributed by atoms with Crippen LogP contribution in [0.2, 0.25) is 0 Å². The predicted octanol–water partition coefficient (Wildman–Crippen LogP) is 3.49. The molecule has 1 heterocycles. The first kappa shape index (κ1) is 11.8. The van der Waals surface area contributed by atoms with Gasteiger partial charge in [-0.2, -0.15) is 13.2 Å². The van der Waals surface area contributed by atoms with Gasteiger partial charge in [-0.1, -0.05) is 6.92 Å². The van der Waals surface area contributed by atoms with Crippen molar-refractivity contribution >= 4 is 11.9 Å². The summed E-state index contributed by atoms with van der Waals surface area (Å²) in [7, 11) is 0. The molecule has 1 aromatic carbocycles. The molecule has 1 atom stereocenters. The summed E-state index contributed by atoms with van der Waals surface area (Å²) >= 11 is 1.42. The largest absolute Gasteiger partial charge is 0.416 e. The van der Waals surface area contributed by atoms with Crippen LogP contribution >= 0.6 is 11.9 Å². The monoisotopic (exact) mass is 247 g/mol. The highest BCUT2D eigenvalue weighted by molar-refractivity contribution is 7.97. The third-order valence-electron chi connectivity index (χ3n) is 2.57. The molecule has 5 heteroatoms. The highest BCUT2D eigenvalue weighted by Crippen LogP contribution is 2.34. The summed E-state index contributed by atoms with van der Waals surface area (Å²) < 4.78 is 40.7. The predicted molar refractivity (Wildman–Crippen MR) is 58.2 cm³/mol. The molecule has 0 amide bonds. The maximum atomic E-state index is 12.5. The zero-order valence-corrected chi connectivity index (χ0v) is 9.58. The third-order valence-corrected chi connectivity index (χ3v) is 3.50. The van der Waals surface area contributed by atoms with Crippen molar-refractivity contribution in [2.45, 2.75) is 24.4 Å². The van der Waals surface area contributed by atoms with E-state index < -0.39 is 11.7 Å².